The zero-order chi connectivity index (χ0) is 18.7. The lowest BCUT2D eigenvalue weighted by Gasteiger charge is -2.28. The first kappa shape index (κ1) is 18.1. The maximum Gasteiger partial charge on any atom is 0.292 e. The Hall–Kier alpha value is -2.73. The molecule has 0 saturated carbocycles. The van der Waals surface area contributed by atoms with Crippen molar-refractivity contribution in [1.82, 2.24) is 4.90 Å². The van der Waals surface area contributed by atoms with Gasteiger partial charge in [0.05, 0.1) is 4.92 Å². The number of para-hydroxylation sites is 2. The second-order valence-corrected chi connectivity index (χ2v) is 6.87. The summed E-state index contributed by atoms with van der Waals surface area (Å²) < 4.78 is 0. The molecule has 3 rings (SSSR count). The van der Waals surface area contributed by atoms with Gasteiger partial charge in [-0.2, -0.15) is 0 Å². The molecule has 1 heterocycles. The molecule has 0 aromatic heterocycles. The average molecular weight is 353 g/mol. The summed E-state index contributed by atoms with van der Waals surface area (Å²) >= 11 is 0. The molecule has 1 saturated heterocycles. The Bertz CT molecular complexity index is 827. The summed E-state index contributed by atoms with van der Waals surface area (Å²) in [7, 11) is 2.08. The third-order valence-corrected chi connectivity index (χ3v) is 4.97. The topological polar surface area (TPSA) is 75.5 Å². The Morgan fingerprint density at radius 3 is 2.50 bits per heavy atom. The lowest BCUT2D eigenvalue weighted by Crippen LogP contribution is -2.33. The van der Waals surface area contributed by atoms with Crippen molar-refractivity contribution in [1.29, 1.82) is 0 Å². The molecule has 1 fully saturated rings. The van der Waals surface area contributed by atoms with E-state index in [1.165, 1.54) is 6.07 Å². The number of benzene rings is 2. The molecule has 0 spiro atoms. The van der Waals surface area contributed by atoms with Gasteiger partial charge in [0, 0.05) is 23.2 Å². The molecule has 0 unspecified atom stereocenters. The Kier molecular flexibility index (Phi) is 5.32. The highest BCUT2D eigenvalue weighted by atomic mass is 16.6. The van der Waals surface area contributed by atoms with Crippen molar-refractivity contribution in [2.45, 2.75) is 19.8 Å². The van der Waals surface area contributed by atoms with Gasteiger partial charge in [0.1, 0.15) is 5.69 Å². The van der Waals surface area contributed by atoms with Crippen molar-refractivity contribution >= 4 is 22.8 Å². The third-order valence-electron chi connectivity index (χ3n) is 4.97. The van der Waals surface area contributed by atoms with Crippen LogP contribution in [0.25, 0.3) is 0 Å². The number of ketones is 1. The Balaban J connectivity index is 1.78. The Morgan fingerprint density at radius 2 is 1.85 bits per heavy atom. The number of aryl methyl sites for hydroxylation is 1. The summed E-state index contributed by atoms with van der Waals surface area (Å²) in [6.07, 6.45) is 1.79. The van der Waals surface area contributed by atoms with Gasteiger partial charge < -0.3 is 10.2 Å². The summed E-state index contributed by atoms with van der Waals surface area (Å²) in [5.74, 6) is 0.276. The smallest absolute Gasteiger partial charge is 0.292 e. The number of piperidine rings is 1. The Labute approximate surface area is 153 Å². The molecule has 0 bridgehead atoms. The van der Waals surface area contributed by atoms with E-state index in [0.717, 1.165) is 37.2 Å². The molecule has 6 heteroatoms. The summed E-state index contributed by atoms with van der Waals surface area (Å²) in [5, 5.41) is 14.3. The van der Waals surface area contributed by atoms with Crippen LogP contribution in [-0.2, 0) is 0 Å². The van der Waals surface area contributed by atoms with E-state index in [1.807, 2.05) is 25.1 Å². The zero-order valence-electron chi connectivity index (χ0n) is 15.1. The van der Waals surface area contributed by atoms with Gasteiger partial charge in [-0.3, -0.25) is 14.9 Å². The van der Waals surface area contributed by atoms with Gasteiger partial charge in [-0.1, -0.05) is 12.1 Å². The lowest BCUT2D eigenvalue weighted by atomic mass is 9.88. The molecule has 0 atom stereocenters. The SMILES string of the molecule is Cc1cc(C(=O)C2CCN(C)CC2)ccc1Nc1ccccc1[N+](=O)[O-]. The Morgan fingerprint density at radius 1 is 1.15 bits per heavy atom. The molecule has 6 nitrogen and oxygen atoms in total. The van der Waals surface area contributed by atoms with Crippen molar-refractivity contribution in [3.63, 3.8) is 0 Å². The summed E-state index contributed by atoms with van der Waals surface area (Å²) in [6.45, 7) is 3.81. The van der Waals surface area contributed by atoms with E-state index in [-0.39, 0.29) is 17.4 Å². The fourth-order valence-electron chi connectivity index (χ4n) is 3.35. The number of nitro groups is 1. The van der Waals surface area contributed by atoms with Gasteiger partial charge in [0.15, 0.2) is 5.78 Å². The van der Waals surface area contributed by atoms with Gasteiger partial charge in [-0.15, -0.1) is 0 Å². The maximum absolute atomic E-state index is 12.7. The highest BCUT2D eigenvalue weighted by molar-refractivity contribution is 5.98. The molecule has 2 aromatic carbocycles. The van der Waals surface area contributed by atoms with E-state index in [2.05, 4.69) is 17.3 Å². The minimum atomic E-state index is -0.407. The van der Waals surface area contributed by atoms with Crippen LogP contribution < -0.4 is 5.32 Å². The van der Waals surface area contributed by atoms with Gasteiger partial charge in [-0.25, -0.2) is 0 Å². The molecule has 2 aromatic rings. The largest absolute Gasteiger partial charge is 0.350 e. The molecule has 136 valence electrons. The maximum atomic E-state index is 12.7. The van der Waals surface area contributed by atoms with E-state index >= 15 is 0 Å². The first-order valence-corrected chi connectivity index (χ1v) is 8.79. The number of rotatable bonds is 5. The van der Waals surface area contributed by atoms with Crippen molar-refractivity contribution in [3.05, 3.63) is 63.7 Å². The van der Waals surface area contributed by atoms with Gasteiger partial charge in [-0.05, 0) is 69.7 Å². The molecule has 0 amide bonds. The number of Topliss-reactive ketones (excluding diaryl/α,β-unsaturated/α-hetero) is 1. The molecule has 1 N–H and O–H groups in total. The number of anilines is 2. The van der Waals surface area contributed by atoms with E-state index in [4.69, 9.17) is 0 Å². The van der Waals surface area contributed by atoms with Crippen LogP contribution in [0.2, 0.25) is 0 Å². The number of nitrogens with zero attached hydrogens (tertiary/aromatic N) is 2. The molecular formula is C20H23N3O3. The van der Waals surface area contributed by atoms with Crippen molar-refractivity contribution < 1.29 is 9.72 Å². The van der Waals surface area contributed by atoms with Gasteiger partial charge in [0.25, 0.3) is 5.69 Å². The van der Waals surface area contributed by atoms with Crippen LogP contribution in [0.15, 0.2) is 42.5 Å². The first-order valence-electron chi connectivity index (χ1n) is 8.79. The molecule has 0 radical (unpaired) electrons. The molecule has 1 aliphatic rings. The van der Waals surface area contributed by atoms with Crippen molar-refractivity contribution in [2.24, 2.45) is 5.92 Å². The number of nitro benzene ring substituents is 1. The lowest BCUT2D eigenvalue weighted by molar-refractivity contribution is -0.383. The highest BCUT2D eigenvalue weighted by Gasteiger charge is 2.24. The van der Waals surface area contributed by atoms with Crippen LogP contribution in [0, 0.1) is 23.0 Å². The second kappa shape index (κ2) is 7.66. The predicted molar refractivity (Wildman–Crippen MR) is 102 cm³/mol. The number of hydrogen-bond donors (Lipinski definition) is 1. The van der Waals surface area contributed by atoms with E-state index in [9.17, 15) is 14.9 Å². The summed E-state index contributed by atoms with van der Waals surface area (Å²) in [4.78, 5) is 25.7. The zero-order valence-corrected chi connectivity index (χ0v) is 15.1. The fraction of sp³-hybridized carbons (Fsp3) is 0.350. The van der Waals surface area contributed by atoms with E-state index < -0.39 is 4.92 Å². The molecule has 0 aliphatic carbocycles. The van der Waals surface area contributed by atoms with Gasteiger partial charge >= 0.3 is 0 Å². The minimum Gasteiger partial charge on any atom is -0.350 e. The standard InChI is InChI=1S/C20H23N3O3/c1-14-13-16(20(24)15-9-11-22(2)12-10-15)7-8-17(14)21-18-5-3-4-6-19(18)23(25)26/h3-8,13,15,21H,9-12H2,1-2H3. The first-order chi connectivity index (χ1) is 12.5. The second-order valence-electron chi connectivity index (χ2n) is 6.87. The monoisotopic (exact) mass is 353 g/mol. The normalized spacial score (nSPS) is 15.6. The highest BCUT2D eigenvalue weighted by Crippen LogP contribution is 2.30. The predicted octanol–water partition coefficient (Wildman–Crippen LogP) is 4.17. The number of nitrogens with one attached hydrogen (secondary N) is 1. The van der Waals surface area contributed by atoms with Crippen LogP contribution >= 0.6 is 0 Å². The number of carbonyl (C=O) groups excluding carboxylic acids is 1. The number of carbonyl (C=O) groups is 1. The number of likely N-dealkylation sites (tertiary alicyclic amines) is 1. The van der Waals surface area contributed by atoms with Crippen LogP contribution in [0.3, 0.4) is 0 Å². The number of hydrogen-bond acceptors (Lipinski definition) is 5. The van der Waals surface area contributed by atoms with Crippen LogP contribution in [0.4, 0.5) is 17.1 Å². The van der Waals surface area contributed by atoms with Gasteiger partial charge in [0.2, 0.25) is 0 Å². The average Bonchev–Trinajstić information content (AvgIpc) is 2.63. The van der Waals surface area contributed by atoms with Crippen molar-refractivity contribution in [2.75, 3.05) is 25.5 Å². The van der Waals surface area contributed by atoms with E-state index in [1.54, 1.807) is 18.2 Å². The third kappa shape index (κ3) is 3.91. The van der Waals surface area contributed by atoms with Crippen LogP contribution in [0.1, 0.15) is 28.8 Å². The minimum absolute atomic E-state index is 0.0263. The summed E-state index contributed by atoms with van der Waals surface area (Å²) in [6, 6.07) is 12.0. The van der Waals surface area contributed by atoms with Crippen molar-refractivity contribution in [3.8, 4) is 0 Å². The molecular weight excluding hydrogens is 330 g/mol. The quantitative estimate of drug-likeness (QED) is 0.496. The van der Waals surface area contributed by atoms with E-state index in [0.29, 0.717) is 11.3 Å². The van der Waals surface area contributed by atoms with Crippen LogP contribution in [0.5, 0.6) is 0 Å². The summed E-state index contributed by atoms with van der Waals surface area (Å²) in [5.41, 5.74) is 2.83. The molecule has 1 aliphatic heterocycles. The fourth-order valence-corrected chi connectivity index (χ4v) is 3.35. The molecule has 26 heavy (non-hydrogen) atoms. The van der Waals surface area contributed by atoms with Crippen LogP contribution in [-0.4, -0.2) is 35.7 Å².